The van der Waals surface area contributed by atoms with Crippen LogP contribution < -0.4 is 0 Å². The van der Waals surface area contributed by atoms with Gasteiger partial charge in [0.05, 0.1) is 11.6 Å². The molecule has 1 aliphatic rings. The average Bonchev–Trinajstić information content (AvgIpc) is 2.99. The van der Waals surface area contributed by atoms with Crippen molar-refractivity contribution in [2.24, 2.45) is 7.05 Å². The third-order valence-corrected chi connectivity index (χ3v) is 5.05. The van der Waals surface area contributed by atoms with E-state index in [0.717, 1.165) is 48.5 Å². The zero-order valence-corrected chi connectivity index (χ0v) is 14.1. The Labute approximate surface area is 130 Å². The van der Waals surface area contributed by atoms with Gasteiger partial charge < -0.3 is 9.47 Å². The van der Waals surface area contributed by atoms with E-state index in [0.29, 0.717) is 18.0 Å². The lowest BCUT2D eigenvalue weighted by Crippen LogP contribution is -2.38. The molecule has 0 bridgehead atoms. The fourth-order valence-electron chi connectivity index (χ4n) is 3.46. The maximum atomic E-state index is 6.17. The summed E-state index contributed by atoms with van der Waals surface area (Å²) in [6.45, 7) is 5.53. The van der Waals surface area contributed by atoms with E-state index in [-0.39, 0.29) is 0 Å². The Morgan fingerprint density at radius 3 is 2.71 bits per heavy atom. The fourth-order valence-corrected chi connectivity index (χ4v) is 3.65. The van der Waals surface area contributed by atoms with Crippen molar-refractivity contribution in [1.82, 2.24) is 24.2 Å². The third kappa shape index (κ3) is 2.36. The highest BCUT2D eigenvalue weighted by Gasteiger charge is 2.29. The van der Waals surface area contributed by atoms with Gasteiger partial charge in [-0.1, -0.05) is 6.92 Å². The first-order chi connectivity index (χ1) is 10.1. The number of nitrogens with zero attached hydrogens (tertiary/aromatic N) is 5. The van der Waals surface area contributed by atoms with Crippen LogP contribution in [0.3, 0.4) is 0 Å². The molecule has 2 atom stereocenters. The van der Waals surface area contributed by atoms with Crippen LogP contribution in [-0.2, 0) is 19.3 Å². The first kappa shape index (κ1) is 14.9. The molecule has 1 aliphatic heterocycles. The third-order valence-electron chi connectivity index (χ3n) is 4.81. The van der Waals surface area contributed by atoms with Crippen LogP contribution in [-0.4, -0.2) is 43.9 Å². The van der Waals surface area contributed by atoms with Crippen molar-refractivity contribution < 1.29 is 0 Å². The molecule has 21 heavy (non-hydrogen) atoms. The maximum Gasteiger partial charge on any atom is 0.158 e. The lowest BCUT2D eigenvalue weighted by Gasteiger charge is -2.36. The summed E-state index contributed by atoms with van der Waals surface area (Å²) >= 11 is 6.17. The molecule has 2 unspecified atom stereocenters. The van der Waals surface area contributed by atoms with E-state index in [9.17, 15) is 0 Å². The molecule has 1 saturated heterocycles. The summed E-state index contributed by atoms with van der Waals surface area (Å²) in [5, 5.41) is 4.61. The molecular weight excluding hydrogens is 286 g/mol. The predicted molar refractivity (Wildman–Crippen MR) is 85.8 cm³/mol. The Morgan fingerprint density at radius 2 is 2.10 bits per heavy atom. The molecule has 6 heteroatoms. The monoisotopic (exact) mass is 309 g/mol. The van der Waals surface area contributed by atoms with Gasteiger partial charge in [0.15, 0.2) is 5.65 Å². The van der Waals surface area contributed by atoms with E-state index < -0.39 is 0 Å². The number of aromatic nitrogens is 4. The van der Waals surface area contributed by atoms with Gasteiger partial charge in [0.25, 0.3) is 0 Å². The molecule has 0 aliphatic carbocycles. The van der Waals surface area contributed by atoms with Gasteiger partial charge in [0.2, 0.25) is 0 Å². The van der Waals surface area contributed by atoms with Gasteiger partial charge in [0, 0.05) is 25.7 Å². The smallest absolute Gasteiger partial charge is 0.158 e. The van der Waals surface area contributed by atoms with Gasteiger partial charge in [-0.2, -0.15) is 5.10 Å². The molecular formula is C15H24ClN5. The largest absolute Gasteiger partial charge is 0.309 e. The quantitative estimate of drug-likeness (QED) is 0.818. The van der Waals surface area contributed by atoms with Crippen LogP contribution in [0.2, 0.25) is 0 Å². The van der Waals surface area contributed by atoms with Crippen molar-refractivity contribution in [3.05, 3.63) is 11.5 Å². The number of fused-ring (bicyclic) bond motifs is 1. The van der Waals surface area contributed by atoms with E-state index in [1.165, 1.54) is 0 Å². The molecule has 1 fully saturated rings. The van der Waals surface area contributed by atoms with E-state index in [1.54, 1.807) is 0 Å². The lowest BCUT2D eigenvalue weighted by atomic mass is 9.98. The summed E-state index contributed by atoms with van der Waals surface area (Å²) < 4.78 is 4.32. The van der Waals surface area contributed by atoms with Crippen molar-refractivity contribution in [2.75, 3.05) is 13.6 Å². The summed E-state index contributed by atoms with van der Waals surface area (Å²) in [5.74, 6) is 1.44. The van der Waals surface area contributed by atoms with Crippen molar-refractivity contribution in [1.29, 1.82) is 0 Å². The second-order valence-corrected chi connectivity index (χ2v) is 6.40. The van der Waals surface area contributed by atoms with Crippen LogP contribution in [0.25, 0.3) is 11.2 Å². The summed E-state index contributed by atoms with van der Waals surface area (Å²) in [7, 11) is 4.21. The van der Waals surface area contributed by atoms with Crippen LogP contribution in [0.5, 0.6) is 0 Å². The van der Waals surface area contributed by atoms with Crippen LogP contribution in [0, 0.1) is 0 Å². The number of alkyl halides is 1. The van der Waals surface area contributed by atoms with Gasteiger partial charge in [0.1, 0.15) is 11.3 Å². The number of piperidine rings is 1. The predicted octanol–water partition coefficient (Wildman–Crippen LogP) is 2.73. The number of imidazole rings is 1. The van der Waals surface area contributed by atoms with Crippen molar-refractivity contribution in [3.63, 3.8) is 0 Å². The fraction of sp³-hybridized carbons (Fsp3) is 0.733. The van der Waals surface area contributed by atoms with Crippen LogP contribution in [0.15, 0.2) is 0 Å². The number of hydrogen-bond acceptors (Lipinski definition) is 3. The SMILES string of the molecule is CCc1nn(C)c2c1nc(CCl)n2C1CCN(C)C(C)C1. The normalized spacial score (nSPS) is 24.0. The van der Waals surface area contributed by atoms with Gasteiger partial charge >= 0.3 is 0 Å². The number of likely N-dealkylation sites (tertiary alicyclic amines) is 1. The minimum atomic E-state index is 0.457. The molecule has 0 spiro atoms. The summed E-state index contributed by atoms with van der Waals surface area (Å²) in [5.41, 5.74) is 3.23. The zero-order chi connectivity index (χ0) is 15.1. The summed E-state index contributed by atoms with van der Waals surface area (Å²) in [4.78, 5) is 7.20. The molecule has 2 aromatic heterocycles. The highest BCUT2D eigenvalue weighted by molar-refractivity contribution is 6.16. The van der Waals surface area contributed by atoms with Crippen LogP contribution in [0.1, 0.15) is 44.2 Å². The maximum absolute atomic E-state index is 6.17. The first-order valence-electron chi connectivity index (χ1n) is 7.75. The molecule has 116 valence electrons. The van der Waals surface area contributed by atoms with Gasteiger partial charge in [-0.05, 0) is 33.2 Å². The van der Waals surface area contributed by atoms with Crippen LogP contribution in [0.4, 0.5) is 0 Å². The topological polar surface area (TPSA) is 38.9 Å². The molecule has 0 N–H and O–H groups in total. The standard InChI is InChI=1S/C15H24ClN5/c1-5-12-14-15(20(4)18-12)21(13(9-16)17-14)11-6-7-19(3)10(2)8-11/h10-11H,5-9H2,1-4H3. The molecule has 3 heterocycles. The molecule has 0 aromatic carbocycles. The molecule has 0 radical (unpaired) electrons. The number of aryl methyl sites for hydroxylation is 2. The minimum absolute atomic E-state index is 0.457. The highest BCUT2D eigenvalue weighted by atomic mass is 35.5. The number of rotatable bonds is 3. The van der Waals surface area contributed by atoms with Crippen molar-refractivity contribution in [2.45, 2.75) is 51.1 Å². The van der Waals surface area contributed by atoms with Gasteiger partial charge in [-0.15, -0.1) is 11.6 Å². The Hall–Kier alpha value is -1.07. The van der Waals surface area contributed by atoms with E-state index in [2.05, 4.69) is 35.5 Å². The minimum Gasteiger partial charge on any atom is -0.309 e. The van der Waals surface area contributed by atoms with Gasteiger partial charge in [-0.3, -0.25) is 4.68 Å². The summed E-state index contributed by atoms with van der Waals surface area (Å²) in [6, 6.07) is 1.05. The molecule has 2 aromatic rings. The second kappa shape index (κ2) is 5.61. The number of hydrogen-bond donors (Lipinski definition) is 0. The van der Waals surface area contributed by atoms with Gasteiger partial charge in [-0.25, -0.2) is 4.98 Å². The van der Waals surface area contributed by atoms with E-state index in [1.807, 2.05) is 11.7 Å². The second-order valence-electron chi connectivity index (χ2n) is 6.14. The zero-order valence-electron chi connectivity index (χ0n) is 13.3. The Kier molecular flexibility index (Phi) is 3.97. The lowest BCUT2D eigenvalue weighted by molar-refractivity contribution is 0.157. The Balaban J connectivity index is 2.10. The van der Waals surface area contributed by atoms with Crippen molar-refractivity contribution in [3.8, 4) is 0 Å². The highest BCUT2D eigenvalue weighted by Crippen LogP contribution is 2.32. The Bertz CT molecular complexity index is 644. The van der Waals surface area contributed by atoms with E-state index in [4.69, 9.17) is 16.6 Å². The molecule has 0 saturated carbocycles. The number of halogens is 1. The first-order valence-corrected chi connectivity index (χ1v) is 8.29. The van der Waals surface area contributed by atoms with E-state index >= 15 is 0 Å². The van der Waals surface area contributed by atoms with Crippen molar-refractivity contribution >= 4 is 22.8 Å². The molecule has 0 amide bonds. The molecule has 5 nitrogen and oxygen atoms in total. The van der Waals surface area contributed by atoms with Crippen LogP contribution >= 0.6 is 11.6 Å². The average molecular weight is 310 g/mol. The summed E-state index contributed by atoms with van der Waals surface area (Å²) in [6.07, 6.45) is 3.18. The molecule has 3 rings (SSSR count). The Morgan fingerprint density at radius 1 is 1.33 bits per heavy atom.